The fourth-order valence-electron chi connectivity index (χ4n) is 7.54. The SMILES string of the molecule is COCO[C@H]([C@@]1(C(C)C)O[C@H]1C)[C@]12OC1CC1C3=C(CC[C@]1(C)[C@]21CO1)C(=O)OC3. The lowest BCUT2D eigenvalue weighted by Gasteiger charge is -2.52. The van der Waals surface area contributed by atoms with Crippen LogP contribution in [0.3, 0.4) is 0 Å². The first kappa shape index (κ1) is 19.7. The second kappa shape index (κ2) is 5.87. The highest BCUT2D eigenvalue weighted by Crippen LogP contribution is 2.76. The van der Waals surface area contributed by atoms with Crippen molar-refractivity contribution in [3.63, 3.8) is 0 Å². The molecule has 0 aromatic heterocycles. The molecule has 4 heterocycles. The third kappa shape index (κ3) is 2.02. The molecule has 0 N–H and O–H groups in total. The van der Waals surface area contributed by atoms with Crippen LogP contribution in [0.2, 0.25) is 0 Å². The highest BCUT2D eigenvalue weighted by atomic mass is 16.7. The Hall–Kier alpha value is -0.990. The number of methoxy groups -OCH3 is 1. The van der Waals surface area contributed by atoms with Crippen molar-refractivity contribution in [3.05, 3.63) is 11.1 Å². The number of ether oxygens (including phenoxy) is 6. The van der Waals surface area contributed by atoms with E-state index in [4.69, 9.17) is 28.4 Å². The van der Waals surface area contributed by atoms with Crippen molar-refractivity contribution in [2.75, 3.05) is 27.1 Å². The van der Waals surface area contributed by atoms with Gasteiger partial charge in [-0.1, -0.05) is 20.8 Å². The van der Waals surface area contributed by atoms with Crippen molar-refractivity contribution >= 4 is 5.97 Å². The lowest BCUT2D eigenvalue weighted by Crippen LogP contribution is -2.66. The molecule has 7 nitrogen and oxygen atoms in total. The van der Waals surface area contributed by atoms with Gasteiger partial charge >= 0.3 is 5.97 Å². The van der Waals surface area contributed by atoms with E-state index in [-0.39, 0.29) is 48.3 Å². The van der Waals surface area contributed by atoms with Crippen LogP contribution in [0, 0.1) is 17.3 Å². The Morgan fingerprint density at radius 1 is 1.27 bits per heavy atom. The molecular weight excluding hydrogens is 388 g/mol. The van der Waals surface area contributed by atoms with E-state index >= 15 is 0 Å². The van der Waals surface area contributed by atoms with Gasteiger partial charge in [-0.3, -0.25) is 0 Å². The topological polar surface area (TPSA) is 82.4 Å². The molecule has 4 fully saturated rings. The van der Waals surface area contributed by atoms with Crippen LogP contribution in [0.25, 0.3) is 0 Å². The van der Waals surface area contributed by atoms with E-state index in [1.54, 1.807) is 7.11 Å². The molecule has 2 aliphatic carbocycles. The summed E-state index contributed by atoms with van der Waals surface area (Å²) >= 11 is 0. The monoisotopic (exact) mass is 420 g/mol. The Morgan fingerprint density at radius 2 is 2.00 bits per heavy atom. The molecule has 3 saturated heterocycles. The van der Waals surface area contributed by atoms with Gasteiger partial charge in [-0.25, -0.2) is 4.79 Å². The summed E-state index contributed by atoms with van der Waals surface area (Å²) in [6.45, 7) is 10.1. The molecule has 0 radical (unpaired) electrons. The third-order valence-corrected chi connectivity index (χ3v) is 9.29. The number of esters is 1. The molecule has 2 unspecified atom stereocenters. The Morgan fingerprint density at radius 3 is 2.60 bits per heavy atom. The quantitative estimate of drug-likeness (QED) is 0.371. The lowest BCUT2D eigenvalue weighted by atomic mass is 9.49. The Labute approximate surface area is 177 Å². The van der Waals surface area contributed by atoms with Crippen LogP contribution < -0.4 is 0 Å². The molecule has 4 aliphatic heterocycles. The first-order valence-corrected chi connectivity index (χ1v) is 11.3. The average molecular weight is 421 g/mol. The smallest absolute Gasteiger partial charge is 0.334 e. The minimum atomic E-state index is -0.534. The van der Waals surface area contributed by atoms with E-state index in [0.29, 0.717) is 13.2 Å². The molecule has 0 bridgehead atoms. The van der Waals surface area contributed by atoms with Gasteiger partial charge in [0.05, 0.1) is 18.8 Å². The highest BCUT2D eigenvalue weighted by molar-refractivity contribution is 5.92. The second-order valence-electron chi connectivity index (χ2n) is 10.5. The minimum Gasteiger partial charge on any atom is -0.458 e. The molecule has 7 heteroatoms. The number of hydrogen-bond acceptors (Lipinski definition) is 7. The largest absolute Gasteiger partial charge is 0.458 e. The maximum atomic E-state index is 12.2. The molecular formula is C23H32O7. The number of carbonyl (C=O) groups excluding carboxylic acids is 1. The number of cyclic esters (lactones) is 1. The third-order valence-electron chi connectivity index (χ3n) is 9.29. The van der Waals surface area contributed by atoms with Crippen molar-refractivity contribution in [1.82, 2.24) is 0 Å². The fourth-order valence-corrected chi connectivity index (χ4v) is 7.54. The normalized spacial score (nSPS) is 51.4. The van der Waals surface area contributed by atoms with Gasteiger partial charge in [-0.05, 0) is 43.6 Å². The second-order valence-corrected chi connectivity index (χ2v) is 10.5. The van der Waals surface area contributed by atoms with Crippen LogP contribution in [0.1, 0.15) is 47.0 Å². The minimum absolute atomic E-state index is 0.0227. The molecule has 0 aromatic rings. The van der Waals surface area contributed by atoms with Crippen LogP contribution >= 0.6 is 0 Å². The van der Waals surface area contributed by atoms with Gasteiger partial charge < -0.3 is 28.4 Å². The molecule has 30 heavy (non-hydrogen) atoms. The van der Waals surface area contributed by atoms with E-state index in [0.717, 1.165) is 24.8 Å². The summed E-state index contributed by atoms with van der Waals surface area (Å²) in [6.07, 6.45) is 2.37. The Bertz CT molecular complexity index is 831. The molecule has 166 valence electrons. The van der Waals surface area contributed by atoms with Gasteiger partial charge in [0.1, 0.15) is 30.7 Å². The van der Waals surface area contributed by atoms with E-state index in [2.05, 4.69) is 27.7 Å². The number of hydrogen-bond donors (Lipinski definition) is 0. The molecule has 1 saturated carbocycles. The van der Waals surface area contributed by atoms with Gasteiger partial charge in [0.25, 0.3) is 0 Å². The van der Waals surface area contributed by atoms with Gasteiger partial charge in [-0.15, -0.1) is 0 Å². The van der Waals surface area contributed by atoms with Gasteiger partial charge in [0, 0.05) is 18.1 Å². The molecule has 8 atom stereocenters. The maximum absolute atomic E-state index is 12.2. The van der Waals surface area contributed by atoms with E-state index in [9.17, 15) is 4.79 Å². The molecule has 6 rings (SSSR count). The fraction of sp³-hybridized carbons (Fsp3) is 0.870. The molecule has 0 amide bonds. The number of carbonyl (C=O) groups is 1. The summed E-state index contributed by atoms with van der Waals surface area (Å²) in [6, 6.07) is 0. The summed E-state index contributed by atoms with van der Waals surface area (Å²) < 4.78 is 36.4. The average Bonchev–Trinajstić information content (AvgIpc) is 3.61. The zero-order chi connectivity index (χ0) is 21.1. The highest BCUT2D eigenvalue weighted by Gasteiger charge is 2.91. The zero-order valence-corrected chi connectivity index (χ0v) is 18.5. The van der Waals surface area contributed by atoms with Crippen molar-refractivity contribution < 1.29 is 33.2 Å². The molecule has 6 aliphatic rings. The van der Waals surface area contributed by atoms with E-state index in [1.807, 2.05) is 0 Å². The summed E-state index contributed by atoms with van der Waals surface area (Å²) in [7, 11) is 1.65. The van der Waals surface area contributed by atoms with E-state index in [1.165, 1.54) is 5.57 Å². The van der Waals surface area contributed by atoms with Crippen molar-refractivity contribution in [3.8, 4) is 0 Å². The Kier molecular flexibility index (Phi) is 3.85. The van der Waals surface area contributed by atoms with Crippen molar-refractivity contribution in [2.45, 2.75) is 82.1 Å². The predicted octanol–water partition coefficient (Wildman–Crippen LogP) is 2.37. The summed E-state index contributed by atoms with van der Waals surface area (Å²) in [5.74, 6) is 0.384. The Balaban J connectivity index is 1.42. The van der Waals surface area contributed by atoms with Gasteiger partial charge in [0.2, 0.25) is 0 Å². The van der Waals surface area contributed by atoms with Crippen LogP contribution in [0.15, 0.2) is 11.1 Å². The first-order valence-electron chi connectivity index (χ1n) is 11.3. The van der Waals surface area contributed by atoms with Crippen molar-refractivity contribution in [2.24, 2.45) is 17.3 Å². The lowest BCUT2D eigenvalue weighted by molar-refractivity contribution is -0.163. The summed E-state index contributed by atoms with van der Waals surface area (Å²) in [4.78, 5) is 12.2. The van der Waals surface area contributed by atoms with Crippen LogP contribution in [0.4, 0.5) is 0 Å². The summed E-state index contributed by atoms with van der Waals surface area (Å²) in [5, 5.41) is 0. The van der Waals surface area contributed by atoms with Crippen LogP contribution in [0.5, 0.6) is 0 Å². The standard InChI is InChI=1S/C23H32O7/c1-12(2)22(13(3)29-22)19(27-11-25-5)23-17(30-23)8-16-15-9-26-18(24)14(15)6-7-20(16,4)21(23)10-28-21/h12-13,16-17,19H,6-11H2,1-5H3/t13-,16?,17?,19+,20-,21+,22-,23+/m0/s1. The molecule has 0 aromatic carbocycles. The number of epoxide rings is 3. The first-order chi connectivity index (χ1) is 14.3. The zero-order valence-electron chi connectivity index (χ0n) is 18.5. The van der Waals surface area contributed by atoms with Gasteiger partial charge in [-0.2, -0.15) is 0 Å². The van der Waals surface area contributed by atoms with Crippen LogP contribution in [-0.2, 0) is 33.2 Å². The number of rotatable bonds is 6. The summed E-state index contributed by atoms with van der Waals surface area (Å²) in [5.41, 5.74) is 0.582. The van der Waals surface area contributed by atoms with Crippen LogP contribution in [-0.4, -0.2) is 68.2 Å². The van der Waals surface area contributed by atoms with Crippen molar-refractivity contribution in [1.29, 1.82) is 0 Å². The number of fused-ring (bicyclic) bond motifs is 5. The van der Waals surface area contributed by atoms with Gasteiger partial charge in [0.15, 0.2) is 5.60 Å². The predicted molar refractivity (Wildman–Crippen MR) is 105 cm³/mol. The van der Waals surface area contributed by atoms with E-state index < -0.39 is 16.8 Å². The molecule has 1 spiro atoms. The maximum Gasteiger partial charge on any atom is 0.334 e.